The van der Waals surface area contributed by atoms with Crippen LogP contribution in [-0.4, -0.2) is 47.0 Å². The van der Waals surface area contributed by atoms with E-state index >= 15 is 0 Å². The van der Waals surface area contributed by atoms with Crippen molar-refractivity contribution in [3.63, 3.8) is 0 Å². The summed E-state index contributed by atoms with van der Waals surface area (Å²) >= 11 is 0. The van der Waals surface area contributed by atoms with E-state index in [4.69, 9.17) is 9.97 Å². The Kier molecular flexibility index (Phi) is 7.25. The zero-order valence-electron chi connectivity index (χ0n) is 20.5. The zero-order valence-corrected chi connectivity index (χ0v) is 20.5. The van der Waals surface area contributed by atoms with Crippen LogP contribution in [0.4, 0.5) is 10.2 Å². The molecule has 1 amide bonds. The van der Waals surface area contributed by atoms with Crippen LogP contribution in [0.3, 0.4) is 0 Å². The molecule has 1 saturated heterocycles. The molecular formula is C28H33FN4O. The predicted molar refractivity (Wildman–Crippen MR) is 134 cm³/mol. The number of nitrogens with zero attached hydrogens (tertiary/aromatic N) is 4. The minimum absolute atomic E-state index is 0.0567. The van der Waals surface area contributed by atoms with Gasteiger partial charge < -0.3 is 9.80 Å². The number of rotatable bonds is 6. The van der Waals surface area contributed by atoms with Crippen molar-refractivity contribution in [3.05, 3.63) is 88.1 Å². The largest absolute Gasteiger partial charge is 0.353 e. The van der Waals surface area contributed by atoms with E-state index in [-0.39, 0.29) is 17.6 Å². The summed E-state index contributed by atoms with van der Waals surface area (Å²) < 4.78 is 13.3. The molecule has 3 aromatic rings. The van der Waals surface area contributed by atoms with E-state index in [1.165, 1.54) is 23.3 Å². The molecule has 6 heteroatoms. The molecule has 0 aliphatic carbocycles. The topological polar surface area (TPSA) is 49.3 Å². The molecule has 0 spiro atoms. The number of benzene rings is 2. The summed E-state index contributed by atoms with van der Waals surface area (Å²) in [6.07, 6.45) is 1.76. The average Bonchev–Trinajstić information content (AvgIpc) is 2.85. The van der Waals surface area contributed by atoms with E-state index in [0.29, 0.717) is 31.7 Å². The zero-order chi connectivity index (χ0) is 24.2. The lowest BCUT2D eigenvalue weighted by atomic mass is 10.0. The fourth-order valence-corrected chi connectivity index (χ4v) is 4.40. The van der Waals surface area contributed by atoms with Gasteiger partial charge in [-0.1, -0.05) is 43.7 Å². The first-order chi connectivity index (χ1) is 16.4. The molecule has 1 aliphatic heterocycles. The molecule has 0 saturated carbocycles. The highest BCUT2D eigenvalue weighted by molar-refractivity contribution is 5.94. The number of anilines is 1. The molecule has 1 aromatic heterocycles. The predicted octanol–water partition coefficient (Wildman–Crippen LogP) is 5.30. The summed E-state index contributed by atoms with van der Waals surface area (Å²) in [5.74, 6) is 1.76. The van der Waals surface area contributed by atoms with E-state index in [2.05, 4.69) is 56.9 Å². The van der Waals surface area contributed by atoms with Gasteiger partial charge in [0.25, 0.3) is 5.91 Å². The van der Waals surface area contributed by atoms with E-state index in [1.807, 2.05) is 4.90 Å². The van der Waals surface area contributed by atoms with Gasteiger partial charge in [0.05, 0.1) is 0 Å². The fourth-order valence-electron chi connectivity index (χ4n) is 4.40. The van der Waals surface area contributed by atoms with Gasteiger partial charge in [0, 0.05) is 55.3 Å². The number of aromatic nitrogens is 2. The maximum Gasteiger partial charge on any atom is 0.253 e. The molecule has 178 valence electrons. The van der Waals surface area contributed by atoms with Gasteiger partial charge in [-0.15, -0.1) is 0 Å². The van der Waals surface area contributed by atoms with Gasteiger partial charge in [-0.05, 0) is 50.1 Å². The fraction of sp³-hybridized carbons (Fsp3) is 0.393. The second kappa shape index (κ2) is 10.3. The van der Waals surface area contributed by atoms with Crippen LogP contribution in [0.2, 0.25) is 0 Å². The highest BCUT2D eigenvalue weighted by atomic mass is 19.1. The molecule has 34 heavy (non-hydrogen) atoms. The number of piperazine rings is 1. The first-order valence-electron chi connectivity index (χ1n) is 12.1. The number of carbonyl (C=O) groups is 1. The van der Waals surface area contributed by atoms with Crippen LogP contribution in [-0.2, 0) is 6.42 Å². The van der Waals surface area contributed by atoms with Gasteiger partial charge in [-0.25, -0.2) is 14.4 Å². The molecular weight excluding hydrogens is 427 g/mol. The Morgan fingerprint density at radius 3 is 2.38 bits per heavy atom. The molecule has 0 bridgehead atoms. The minimum Gasteiger partial charge on any atom is -0.353 e. The standard InChI is InChI=1S/C28H33FN4O/c1-5-20(3)26-30-21(4)25(18-22-8-6-7-19(2)17-22)27(31-26)32-13-15-33(16-14-32)28(34)23-9-11-24(29)12-10-23/h6-12,17,20H,5,13-16,18H2,1-4H3. The second-order valence-corrected chi connectivity index (χ2v) is 9.23. The summed E-state index contributed by atoms with van der Waals surface area (Å²) in [7, 11) is 0. The minimum atomic E-state index is -0.334. The molecule has 1 unspecified atom stereocenters. The van der Waals surface area contributed by atoms with Crippen LogP contribution in [0, 0.1) is 19.7 Å². The van der Waals surface area contributed by atoms with Crippen molar-refractivity contribution in [3.8, 4) is 0 Å². The Bertz CT molecular complexity index is 1150. The summed E-state index contributed by atoms with van der Waals surface area (Å²) in [5, 5.41) is 0. The lowest BCUT2D eigenvalue weighted by Crippen LogP contribution is -2.49. The third-order valence-corrected chi connectivity index (χ3v) is 6.68. The maximum absolute atomic E-state index is 13.3. The average molecular weight is 461 g/mol. The van der Waals surface area contributed by atoms with E-state index in [1.54, 1.807) is 12.1 Å². The van der Waals surface area contributed by atoms with E-state index < -0.39 is 0 Å². The smallest absolute Gasteiger partial charge is 0.253 e. The highest BCUT2D eigenvalue weighted by Gasteiger charge is 2.26. The van der Waals surface area contributed by atoms with Gasteiger partial charge in [0.1, 0.15) is 17.5 Å². The first kappa shape index (κ1) is 23.9. The quantitative estimate of drug-likeness (QED) is 0.501. The molecule has 4 rings (SSSR count). The number of hydrogen-bond donors (Lipinski definition) is 0. The number of aryl methyl sites for hydroxylation is 2. The maximum atomic E-state index is 13.3. The number of carbonyl (C=O) groups excluding carboxylic acids is 1. The molecule has 0 radical (unpaired) electrons. The molecule has 1 fully saturated rings. The summed E-state index contributed by atoms with van der Waals surface area (Å²) in [6, 6.07) is 14.3. The van der Waals surface area contributed by atoms with Crippen molar-refractivity contribution in [2.75, 3.05) is 31.1 Å². The van der Waals surface area contributed by atoms with E-state index in [9.17, 15) is 9.18 Å². The third kappa shape index (κ3) is 5.27. The van der Waals surface area contributed by atoms with Crippen molar-refractivity contribution in [1.82, 2.24) is 14.9 Å². The van der Waals surface area contributed by atoms with Crippen molar-refractivity contribution in [1.29, 1.82) is 0 Å². The lowest BCUT2D eigenvalue weighted by molar-refractivity contribution is 0.0746. The van der Waals surface area contributed by atoms with Crippen molar-refractivity contribution in [2.45, 2.75) is 46.5 Å². The number of amides is 1. The summed E-state index contributed by atoms with van der Waals surface area (Å²) in [5.41, 5.74) is 5.17. The van der Waals surface area contributed by atoms with Crippen LogP contribution in [0.15, 0.2) is 48.5 Å². The summed E-state index contributed by atoms with van der Waals surface area (Å²) in [6.45, 7) is 11.1. The van der Waals surface area contributed by atoms with Gasteiger partial charge in [0.2, 0.25) is 0 Å². The summed E-state index contributed by atoms with van der Waals surface area (Å²) in [4.78, 5) is 27.0. The Labute approximate surface area is 201 Å². The first-order valence-corrected chi connectivity index (χ1v) is 12.1. The monoisotopic (exact) mass is 460 g/mol. The van der Waals surface area contributed by atoms with Crippen molar-refractivity contribution < 1.29 is 9.18 Å². The molecule has 2 aromatic carbocycles. The van der Waals surface area contributed by atoms with Crippen molar-refractivity contribution in [2.24, 2.45) is 0 Å². The number of halogens is 1. The van der Waals surface area contributed by atoms with Crippen LogP contribution in [0.1, 0.15) is 64.8 Å². The van der Waals surface area contributed by atoms with Crippen LogP contribution >= 0.6 is 0 Å². The molecule has 0 N–H and O–H groups in total. The lowest BCUT2D eigenvalue weighted by Gasteiger charge is -2.36. The van der Waals surface area contributed by atoms with Gasteiger partial charge in [0.15, 0.2) is 0 Å². The second-order valence-electron chi connectivity index (χ2n) is 9.23. The number of hydrogen-bond acceptors (Lipinski definition) is 4. The molecule has 5 nitrogen and oxygen atoms in total. The van der Waals surface area contributed by atoms with Gasteiger partial charge in [-0.3, -0.25) is 4.79 Å². The molecule has 1 atom stereocenters. The Balaban J connectivity index is 1.58. The molecule has 1 aliphatic rings. The highest BCUT2D eigenvalue weighted by Crippen LogP contribution is 2.28. The van der Waals surface area contributed by atoms with E-state index in [0.717, 1.165) is 35.7 Å². The van der Waals surface area contributed by atoms with Crippen LogP contribution in [0.25, 0.3) is 0 Å². The van der Waals surface area contributed by atoms with Crippen LogP contribution < -0.4 is 4.90 Å². The Morgan fingerprint density at radius 2 is 1.74 bits per heavy atom. The van der Waals surface area contributed by atoms with Crippen molar-refractivity contribution >= 4 is 11.7 Å². The Morgan fingerprint density at radius 1 is 1.03 bits per heavy atom. The van der Waals surface area contributed by atoms with Gasteiger partial charge in [-0.2, -0.15) is 0 Å². The van der Waals surface area contributed by atoms with Gasteiger partial charge >= 0.3 is 0 Å². The third-order valence-electron chi connectivity index (χ3n) is 6.68. The van der Waals surface area contributed by atoms with Crippen LogP contribution in [0.5, 0.6) is 0 Å². The SMILES string of the molecule is CCC(C)c1nc(C)c(Cc2cccc(C)c2)c(N2CCN(C(=O)c3ccc(F)cc3)CC2)n1. The normalized spacial score (nSPS) is 14.9. The Hall–Kier alpha value is -3.28. The molecule has 2 heterocycles.